The quantitative estimate of drug-likeness (QED) is 0.727. The average molecular weight is 400 g/mol. The molecule has 0 aliphatic carbocycles. The topological polar surface area (TPSA) is 63.0 Å². The number of halogens is 1. The summed E-state index contributed by atoms with van der Waals surface area (Å²) in [6.45, 7) is 4.39. The van der Waals surface area contributed by atoms with Crippen LogP contribution in [-0.4, -0.2) is 40.2 Å². The zero-order chi connectivity index (χ0) is 17.4. The van der Waals surface area contributed by atoms with E-state index in [9.17, 15) is 0 Å². The van der Waals surface area contributed by atoms with Crippen LogP contribution < -0.4 is 4.74 Å². The first-order chi connectivity index (χ1) is 12.1. The Morgan fingerprint density at radius 1 is 1.20 bits per heavy atom. The number of rotatable bonds is 2. The zero-order valence-electron chi connectivity index (χ0n) is 14.1. The molecule has 1 aromatic carbocycles. The SMILES string of the molecule is COc1ccc2c(c1)CN(C1=NCC(C)C(c3nccc(Br)n3)=N1)C2. The third-order valence-electron chi connectivity index (χ3n) is 4.46. The van der Waals surface area contributed by atoms with Gasteiger partial charge in [-0.2, -0.15) is 0 Å². The van der Waals surface area contributed by atoms with Gasteiger partial charge in [-0.3, -0.25) is 4.99 Å². The summed E-state index contributed by atoms with van der Waals surface area (Å²) < 4.78 is 6.08. The van der Waals surface area contributed by atoms with Crippen molar-refractivity contribution in [2.24, 2.45) is 15.9 Å². The van der Waals surface area contributed by atoms with E-state index >= 15 is 0 Å². The molecule has 1 unspecified atom stereocenters. The van der Waals surface area contributed by atoms with Gasteiger partial charge in [0.1, 0.15) is 10.4 Å². The molecule has 0 bridgehead atoms. The highest BCUT2D eigenvalue weighted by molar-refractivity contribution is 9.10. The van der Waals surface area contributed by atoms with Crippen LogP contribution in [0.2, 0.25) is 0 Å². The summed E-state index contributed by atoms with van der Waals surface area (Å²) in [5.74, 6) is 2.49. The van der Waals surface area contributed by atoms with Crippen LogP contribution in [0.15, 0.2) is 45.1 Å². The summed E-state index contributed by atoms with van der Waals surface area (Å²) in [5.41, 5.74) is 3.44. The molecule has 0 saturated carbocycles. The standard InChI is InChI=1S/C18H18BrN5O/c1-11-8-21-18(23-16(11)17-20-6-5-15(19)22-17)24-9-12-3-4-14(25-2)7-13(12)10-24/h3-7,11H,8-10H2,1-2H3. The first kappa shape index (κ1) is 16.2. The van der Waals surface area contributed by atoms with Gasteiger partial charge in [0.25, 0.3) is 0 Å². The maximum atomic E-state index is 5.32. The van der Waals surface area contributed by atoms with Gasteiger partial charge in [-0.15, -0.1) is 0 Å². The van der Waals surface area contributed by atoms with E-state index < -0.39 is 0 Å². The minimum absolute atomic E-state index is 0.197. The lowest BCUT2D eigenvalue weighted by Gasteiger charge is -2.23. The summed E-state index contributed by atoms with van der Waals surface area (Å²) in [7, 11) is 1.69. The average Bonchev–Trinajstić information content (AvgIpc) is 3.05. The van der Waals surface area contributed by atoms with Gasteiger partial charge < -0.3 is 9.64 Å². The van der Waals surface area contributed by atoms with Gasteiger partial charge in [0.2, 0.25) is 5.96 Å². The molecular formula is C18H18BrN5O. The van der Waals surface area contributed by atoms with E-state index in [1.54, 1.807) is 13.3 Å². The monoisotopic (exact) mass is 399 g/mol. The minimum atomic E-state index is 0.197. The molecule has 0 amide bonds. The first-order valence-corrected chi connectivity index (χ1v) is 8.96. The Morgan fingerprint density at radius 2 is 2.04 bits per heavy atom. The fourth-order valence-corrected chi connectivity index (χ4v) is 3.38. The summed E-state index contributed by atoms with van der Waals surface area (Å²) in [5, 5.41) is 0. The van der Waals surface area contributed by atoms with Crippen LogP contribution in [0.25, 0.3) is 0 Å². The molecule has 0 radical (unpaired) electrons. The molecule has 3 heterocycles. The summed E-state index contributed by atoms with van der Waals surface area (Å²) in [6.07, 6.45) is 1.74. The number of aromatic nitrogens is 2. The molecule has 2 aliphatic heterocycles. The van der Waals surface area contributed by atoms with Gasteiger partial charge in [-0.1, -0.05) is 13.0 Å². The summed E-state index contributed by atoms with van der Waals surface area (Å²) >= 11 is 3.40. The molecule has 0 saturated heterocycles. The van der Waals surface area contributed by atoms with Gasteiger partial charge in [0, 0.05) is 25.2 Å². The van der Waals surface area contributed by atoms with E-state index in [0.29, 0.717) is 12.4 Å². The predicted octanol–water partition coefficient (Wildman–Crippen LogP) is 3.06. The lowest BCUT2D eigenvalue weighted by molar-refractivity contribution is 0.413. The van der Waals surface area contributed by atoms with Crippen molar-refractivity contribution in [2.45, 2.75) is 20.0 Å². The van der Waals surface area contributed by atoms with E-state index in [0.717, 1.165) is 35.1 Å². The van der Waals surface area contributed by atoms with Gasteiger partial charge in [-0.25, -0.2) is 15.0 Å². The molecule has 0 fully saturated rings. The molecule has 1 atom stereocenters. The van der Waals surface area contributed by atoms with E-state index in [4.69, 9.17) is 9.73 Å². The molecule has 0 spiro atoms. The molecule has 2 aromatic rings. The van der Waals surface area contributed by atoms with Crippen LogP contribution in [-0.2, 0) is 13.1 Å². The normalized spacial score (nSPS) is 19.3. The molecule has 1 aromatic heterocycles. The second-order valence-electron chi connectivity index (χ2n) is 6.23. The number of benzene rings is 1. The second kappa shape index (κ2) is 6.55. The highest BCUT2D eigenvalue weighted by Crippen LogP contribution is 2.28. The van der Waals surface area contributed by atoms with E-state index in [-0.39, 0.29) is 5.92 Å². The predicted molar refractivity (Wildman–Crippen MR) is 100.0 cm³/mol. The number of ether oxygens (including phenoxy) is 1. The lowest BCUT2D eigenvalue weighted by Crippen LogP contribution is -2.32. The molecule has 7 heteroatoms. The number of guanidine groups is 1. The Kier molecular flexibility index (Phi) is 4.25. The van der Waals surface area contributed by atoms with Crippen LogP contribution in [0, 0.1) is 5.92 Å². The first-order valence-electron chi connectivity index (χ1n) is 8.16. The van der Waals surface area contributed by atoms with Gasteiger partial charge in [0.05, 0.1) is 19.4 Å². The highest BCUT2D eigenvalue weighted by Gasteiger charge is 2.27. The fraction of sp³-hybridized carbons (Fsp3) is 0.333. The number of aliphatic imine (C=N–C) groups is 2. The van der Waals surface area contributed by atoms with Crippen molar-refractivity contribution in [2.75, 3.05) is 13.7 Å². The maximum Gasteiger partial charge on any atom is 0.221 e. The Labute approximate surface area is 154 Å². The Balaban J connectivity index is 1.61. The van der Waals surface area contributed by atoms with Crippen molar-refractivity contribution in [1.29, 1.82) is 0 Å². The van der Waals surface area contributed by atoms with Crippen LogP contribution >= 0.6 is 15.9 Å². The van der Waals surface area contributed by atoms with Gasteiger partial charge in [-0.05, 0) is 45.3 Å². The van der Waals surface area contributed by atoms with Gasteiger partial charge in [0.15, 0.2) is 5.82 Å². The van der Waals surface area contributed by atoms with Crippen molar-refractivity contribution in [3.05, 3.63) is 52.0 Å². The molecule has 4 rings (SSSR count). The minimum Gasteiger partial charge on any atom is -0.497 e. The fourth-order valence-electron chi connectivity index (χ4n) is 3.10. The highest BCUT2D eigenvalue weighted by atomic mass is 79.9. The Hall–Kier alpha value is -2.28. The number of hydrogen-bond donors (Lipinski definition) is 0. The molecule has 25 heavy (non-hydrogen) atoms. The van der Waals surface area contributed by atoms with Crippen LogP contribution in [0.4, 0.5) is 0 Å². The van der Waals surface area contributed by atoms with Crippen LogP contribution in [0.1, 0.15) is 23.9 Å². The van der Waals surface area contributed by atoms with E-state index in [1.165, 1.54) is 11.1 Å². The Bertz CT molecular complexity index is 880. The number of hydrogen-bond acceptors (Lipinski definition) is 6. The largest absolute Gasteiger partial charge is 0.497 e. The van der Waals surface area contributed by atoms with Crippen molar-refractivity contribution in [1.82, 2.24) is 14.9 Å². The van der Waals surface area contributed by atoms with Crippen molar-refractivity contribution < 1.29 is 4.74 Å². The van der Waals surface area contributed by atoms with Crippen molar-refractivity contribution in [3.8, 4) is 5.75 Å². The lowest BCUT2D eigenvalue weighted by atomic mass is 10.0. The summed E-state index contributed by atoms with van der Waals surface area (Å²) in [4.78, 5) is 20.5. The summed E-state index contributed by atoms with van der Waals surface area (Å²) in [6, 6.07) is 8.01. The zero-order valence-corrected chi connectivity index (χ0v) is 15.7. The molecule has 6 nitrogen and oxygen atoms in total. The molecular weight excluding hydrogens is 382 g/mol. The maximum absolute atomic E-state index is 5.32. The third kappa shape index (κ3) is 3.16. The number of fused-ring (bicyclic) bond motifs is 1. The molecule has 128 valence electrons. The second-order valence-corrected chi connectivity index (χ2v) is 7.04. The number of methoxy groups -OCH3 is 1. The number of nitrogens with zero attached hydrogens (tertiary/aromatic N) is 5. The van der Waals surface area contributed by atoms with Gasteiger partial charge >= 0.3 is 0 Å². The van der Waals surface area contributed by atoms with E-state index in [1.807, 2.05) is 12.1 Å². The van der Waals surface area contributed by atoms with Crippen molar-refractivity contribution in [3.63, 3.8) is 0 Å². The third-order valence-corrected chi connectivity index (χ3v) is 4.90. The van der Waals surface area contributed by atoms with Crippen LogP contribution in [0.5, 0.6) is 5.75 Å². The van der Waals surface area contributed by atoms with E-state index in [2.05, 4.69) is 54.8 Å². The molecule has 2 aliphatic rings. The van der Waals surface area contributed by atoms with Crippen LogP contribution in [0.3, 0.4) is 0 Å². The smallest absolute Gasteiger partial charge is 0.221 e. The van der Waals surface area contributed by atoms with Crippen molar-refractivity contribution >= 4 is 27.6 Å². The molecule has 0 N–H and O–H groups in total. The Morgan fingerprint density at radius 3 is 2.84 bits per heavy atom.